The van der Waals surface area contributed by atoms with Crippen molar-refractivity contribution in [2.24, 2.45) is 0 Å². The van der Waals surface area contributed by atoms with Crippen molar-refractivity contribution < 1.29 is 9.90 Å². The second-order valence-electron chi connectivity index (χ2n) is 7.25. The maximum absolute atomic E-state index is 10.6. The summed E-state index contributed by atoms with van der Waals surface area (Å²) in [6.07, 6.45) is 6.52. The van der Waals surface area contributed by atoms with Crippen molar-refractivity contribution in [3.8, 4) is 0 Å². The van der Waals surface area contributed by atoms with E-state index in [2.05, 4.69) is 19.9 Å². The monoisotopic (exact) mass is 440 g/mol. The molecule has 3 aromatic carbocycles. The number of carboxylic acids is 1. The van der Waals surface area contributed by atoms with E-state index >= 15 is 0 Å². The molecule has 0 saturated carbocycles. The van der Waals surface area contributed by atoms with Gasteiger partial charge in [-0.05, 0) is 67.4 Å². The first-order chi connectivity index (χ1) is 15.8. The van der Waals surface area contributed by atoms with Crippen LogP contribution in [0.25, 0.3) is 22.1 Å². The van der Waals surface area contributed by atoms with Crippen LogP contribution in [-0.4, -0.2) is 31.0 Å². The third-order valence-electron chi connectivity index (χ3n) is 4.58. The SMILES string of the molecule is Cc1ccc(N)c(N)c1.Cc1ccc2nccnc2c1.O=C(O)c1ccc2nccnc2c1. The van der Waals surface area contributed by atoms with Crippen LogP contribution in [0.2, 0.25) is 0 Å². The number of carboxylic acid groups (broad SMARTS) is 1. The van der Waals surface area contributed by atoms with Crippen LogP contribution in [0.3, 0.4) is 0 Å². The molecule has 33 heavy (non-hydrogen) atoms. The first-order valence-corrected chi connectivity index (χ1v) is 10.1. The van der Waals surface area contributed by atoms with Crippen molar-refractivity contribution in [3.63, 3.8) is 0 Å². The Bertz CT molecular complexity index is 1400. The molecular formula is C25H24N6O2. The molecule has 8 nitrogen and oxygen atoms in total. The highest BCUT2D eigenvalue weighted by atomic mass is 16.4. The molecule has 0 aliphatic heterocycles. The number of aromatic carboxylic acids is 1. The predicted octanol–water partition coefficient (Wildman–Crippen LogP) is 4.43. The maximum atomic E-state index is 10.6. The Morgan fingerprint density at radius 1 is 0.636 bits per heavy atom. The van der Waals surface area contributed by atoms with Crippen molar-refractivity contribution in [1.82, 2.24) is 19.9 Å². The summed E-state index contributed by atoms with van der Waals surface area (Å²) in [7, 11) is 0. The lowest BCUT2D eigenvalue weighted by atomic mass is 10.2. The van der Waals surface area contributed by atoms with Gasteiger partial charge in [0.05, 0.1) is 39.0 Å². The summed E-state index contributed by atoms with van der Waals surface area (Å²) in [5, 5.41) is 8.70. The van der Waals surface area contributed by atoms with E-state index in [1.165, 1.54) is 23.9 Å². The second kappa shape index (κ2) is 10.6. The molecule has 5 aromatic rings. The Kier molecular flexibility index (Phi) is 7.43. The topological polar surface area (TPSA) is 141 Å². The number of fused-ring (bicyclic) bond motifs is 2. The van der Waals surface area contributed by atoms with Crippen molar-refractivity contribution in [1.29, 1.82) is 0 Å². The van der Waals surface area contributed by atoms with E-state index in [0.29, 0.717) is 22.4 Å². The normalized spacial score (nSPS) is 10.0. The quantitative estimate of drug-likeness (QED) is 0.325. The summed E-state index contributed by atoms with van der Waals surface area (Å²) in [6, 6.07) is 16.3. The second-order valence-corrected chi connectivity index (χ2v) is 7.25. The zero-order chi connectivity index (χ0) is 23.8. The number of rotatable bonds is 1. The molecule has 0 atom stereocenters. The molecule has 0 unspecified atom stereocenters. The molecule has 8 heteroatoms. The molecule has 0 amide bonds. The summed E-state index contributed by atoms with van der Waals surface area (Å²) >= 11 is 0. The summed E-state index contributed by atoms with van der Waals surface area (Å²) < 4.78 is 0. The largest absolute Gasteiger partial charge is 0.478 e. The number of hydrogen-bond acceptors (Lipinski definition) is 7. The van der Waals surface area contributed by atoms with Crippen LogP contribution in [0, 0.1) is 13.8 Å². The minimum Gasteiger partial charge on any atom is -0.478 e. The molecule has 5 N–H and O–H groups in total. The van der Waals surface area contributed by atoms with E-state index in [1.807, 2.05) is 50.2 Å². The molecular weight excluding hydrogens is 416 g/mol. The van der Waals surface area contributed by atoms with E-state index in [1.54, 1.807) is 24.7 Å². The average molecular weight is 441 g/mol. The highest BCUT2D eigenvalue weighted by molar-refractivity contribution is 5.92. The van der Waals surface area contributed by atoms with Crippen LogP contribution < -0.4 is 11.5 Å². The number of carbonyl (C=O) groups is 1. The predicted molar refractivity (Wildman–Crippen MR) is 131 cm³/mol. The highest BCUT2D eigenvalue weighted by Crippen LogP contribution is 2.14. The van der Waals surface area contributed by atoms with Crippen LogP contribution in [0.15, 0.2) is 79.4 Å². The molecule has 0 fully saturated rings. The molecule has 0 spiro atoms. The van der Waals surface area contributed by atoms with Crippen LogP contribution in [0.1, 0.15) is 21.5 Å². The number of anilines is 2. The van der Waals surface area contributed by atoms with Crippen molar-refractivity contribution in [2.45, 2.75) is 13.8 Å². The Balaban J connectivity index is 0.000000142. The molecule has 2 aromatic heterocycles. The molecule has 0 aliphatic carbocycles. The minimum atomic E-state index is -0.951. The molecule has 0 radical (unpaired) electrons. The third kappa shape index (κ3) is 6.44. The van der Waals surface area contributed by atoms with Gasteiger partial charge < -0.3 is 16.6 Å². The van der Waals surface area contributed by atoms with E-state index in [-0.39, 0.29) is 5.56 Å². The smallest absolute Gasteiger partial charge is 0.335 e. The number of aromatic nitrogens is 4. The van der Waals surface area contributed by atoms with Crippen molar-refractivity contribution >= 4 is 39.4 Å². The number of aryl methyl sites for hydroxylation is 2. The fraction of sp³-hybridized carbons (Fsp3) is 0.0800. The van der Waals surface area contributed by atoms with E-state index in [9.17, 15) is 4.79 Å². The van der Waals surface area contributed by atoms with E-state index in [4.69, 9.17) is 16.6 Å². The summed E-state index contributed by atoms with van der Waals surface area (Å²) in [5.41, 5.74) is 18.1. The molecule has 0 saturated heterocycles. The number of nitrogens with two attached hydrogens (primary N) is 2. The first kappa shape index (κ1) is 23.1. The van der Waals surface area contributed by atoms with Gasteiger partial charge in [0.1, 0.15) is 0 Å². The fourth-order valence-electron chi connectivity index (χ4n) is 2.86. The average Bonchev–Trinajstić information content (AvgIpc) is 2.82. The minimum absolute atomic E-state index is 0.230. The summed E-state index contributed by atoms with van der Waals surface area (Å²) in [4.78, 5) is 27.0. The molecule has 0 aliphatic rings. The number of nitrogen functional groups attached to an aromatic ring is 2. The molecule has 166 valence electrons. The van der Waals surface area contributed by atoms with Gasteiger partial charge in [-0.3, -0.25) is 19.9 Å². The zero-order valence-corrected chi connectivity index (χ0v) is 18.3. The highest BCUT2D eigenvalue weighted by Gasteiger charge is 2.03. The van der Waals surface area contributed by atoms with Crippen LogP contribution in [0.5, 0.6) is 0 Å². The number of nitrogens with zero attached hydrogens (tertiary/aromatic N) is 4. The van der Waals surface area contributed by atoms with Gasteiger partial charge in [-0.2, -0.15) is 0 Å². The lowest BCUT2D eigenvalue weighted by Gasteiger charge is -1.98. The van der Waals surface area contributed by atoms with Crippen molar-refractivity contribution in [3.05, 3.63) is 96.1 Å². The molecule has 2 heterocycles. The third-order valence-corrected chi connectivity index (χ3v) is 4.58. The van der Waals surface area contributed by atoms with Crippen LogP contribution in [0.4, 0.5) is 11.4 Å². The van der Waals surface area contributed by atoms with Gasteiger partial charge in [0, 0.05) is 24.8 Å². The van der Waals surface area contributed by atoms with Gasteiger partial charge in [-0.1, -0.05) is 12.1 Å². The fourth-order valence-corrected chi connectivity index (χ4v) is 2.86. The van der Waals surface area contributed by atoms with Gasteiger partial charge in [0.25, 0.3) is 0 Å². The maximum Gasteiger partial charge on any atom is 0.335 e. The van der Waals surface area contributed by atoms with E-state index in [0.717, 1.165) is 16.6 Å². The van der Waals surface area contributed by atoms with Gasteiger partial charge in [0.2, 0.25) is 0 Å². The summed E-state index contributed by atoms with van der Waals surface area (Å²) in [5.74, 6) is -0.951. The van der Waals surface area contributed by atoms with Crippen molar-refractivity contribution in [2.75, 3.05) is 11.5 Å². The van der Waals surface area contributed by atoms with Gasteiger partial charge in [0.15, 0.2) is 0 Å². The molecule has 5 rings (SSSR count). The molecule has 0 bridgehead atoms. The van der Waals surface area contributed by atoms with Gasteiger partial charge in [-0.25, -0.2) is 4.79 Å². The van der Waals surface area contributed by atoms with E-state index < -0.39 is 5.97 Å². The van der Waals surface area contributed by atoms with Crippen LogP contribution in [-0.2, 0) is 0 Å². The lowest BCUT2D eigenvalue weighted by Crippen LogP contribution is -1.96. The van der Waals surface area contributed by atoms with Crippen LogP contribution >= 0.6 is 0 Å². The first-order valence-electron chi connectivity index (χ1n) is 10.1. The Morgan fingerprint density at radius 3 is 1.67 bits per heavy atom. The standard InChI is InChI=1S/C9H6N2O2.C9H8N2.C7H10N2/c12-9(13)6-1-2-7-8(5-6)11-4-3-10-7;1-7-2-3-8-9(6-7)11-5-4-10-8;1-5-2-3-6(8)7(9)4-5/h1-5H,(H,12,13);2-6H,1H3;2-4H,8-9H2,1H3. The summed E-state index contributed by atoms with van der Waals surface area (Å²) in [6.45, 7) is 4.03. The lowest BCUT2D eigenvalue weighted by molar-refractivity contribution is 0.0697. The Morgan fingerprint density at radius 2 is 1.12 bits per heavy atom. The zero-order valence-electron chi connectivity index (χ0n) is 18.3. The number of benzene rings is 3. The van der Waals surface area contributed by atoms with Gasteiger partial charge >= 0.3 is 5.97 Å². The Labute approximate surface area is 191 Å². The van der Waals surface area contributed by atoms with Gasteiger partial charge in [-0.15, -0.1) is 0 Å². The Hall–Kier alpha value is -4.59. The number of hydrogen-bond donors (Lipinski definition) is 3.